The molecule has 4 rings (SSSR count). The number of hydrogen-bond acceptors (Lipinski definition) is 3. The number of benzene rings is 2. The Labute approximate surface area is 159 Å². The minimum absolute atomic E-state index is 0.0412. The van der Waals surface area contributed by atoms with Crippen LogP contribution in [0.3, 0.4) is 0 Å². The van der Waals surface area contributed by atoms with E-state index in [1.54, 1.807) is 0 Å². The molecule has 1 fully saturated rings. The minimum Gasteiger partial charge on any atom is -0.493 e. The maximum absolute atomic E-state index is 13.0. The van der Waals surface area contributed by atoms with Crippen LogP contribution in [-0.4, -0.2) is 54.4 Å². The number of carbonyl (C=O) groups excluding carboxylic acids is 2. The van der Waals surface area contributed by atoms with Crippen molar-refractivity contribution in [1.29, 1.82) is 0 Å². The molecule has 1 atom stereocenters. The first kappa shape index (κ1) is 17.6. The molecule has 0 unspecified atom stereocenters. The van der Waals surface area contributed by atoms with Gasteiger partial charge >= 0.3 is 0 Å². The Hall–Kier alpha value is -2.82. The van der Waals surface area contributed by atoms with Crippen LogP contribution in [0.4, 0.5) is 0 Å². The van der Waals surface area contributed by atoms with Gasteiger partial charge < -0.3 is 14.5 Å². The van der Waals surface area contributed by atoms with E-state index in [0.717, 1.165) is 24.2 Å². The van der Waals surface area contributed by atoms with Crippen molar-refractivity contribution in [2.24, 2.45) is 5.92 Å². The third-order valence-corrected chi connectivity index (χ3v) is 5.41. The lowest BCUT2D eigenvalue weighted by Crippen LogP contribution is -2.52. The molecule has 0 N–H and O–H groups in total. The van der Waals surface area contributed by atoms with Crippen LogP contribution >= 0.6 is 0 Å². The third kappa shape index (κ3) is 3.82. The van der Waals surface area contributed by atoms with Gasteiger partial charge in [-0.25, -0.2) is 0 Å². The summed E-state index contributed by atoms with van der Waals surface area (Å²) in [5, 5.41) is 0. The van der Waals surface area contributed by atoms with E-state index in [-0.39, 0.29) is 17.7 Å². The summed E-state index contributed by atoms with van der Waals surface area (Å²) in [5.41, 5.74) is 1.81. The zero-order valence-corrected chi connectivity index (χ0v) is 15.3. The van der Waals surface area contributed by atoms with E-state index >= 15 is 0 Å². The number of amides is 2. The monoisotopic (exact) mass is 364 g/mol. The molecular weight excluding hydrogens is 340 g/mol. The molecule has 0 aromatic heterocycles. The number of piperazine rings is 1. The summed E-state index contributed by atoms with van der Waals surface area (Å²) in [6.07, 6.45) is 1.45. The molecule has 5 nitrogen and oxygen atoms in total. The standard InChI is InChI=1S/C22H24N2O3/c25-21(17-6-2-1-3-7-17)23-11-13-24(14-12-23)22(26)19-10-15-27-20-9-5-4-8-18(20)16-19/h1-9,19H,10-16H2/t19-/m0/s1. The lowest BCUT2D eigenvalue weighted by Gasteiger charge is -2.36. The molecule has 2 aliphatic heterocycles. The van der Waals surface area contributed by atoms with E-state index < -0.39 is 0 Å². The minimum atomic E-state index is -0.0509. The fourth-order valence-electron chi connectivity index (χ4n) is 3.85. The highest BCUT2D eigenvalue weighted by Gasteiger charge is 2.30. The average Bonchev–Trinajstić information content (AvgIpc) is 2.96. The molecule has 0 spiro atoms. The van der Waals surface area contributed by atoms with E-state index in [4.69, 9.17) is 4.74 Å². The predicted octanol–water partition coefficient (Wildman–Crippen LogP) is 2.61. The van der Waals surface area contributed by atoms with Crippen LogP contribution in [0.5, 0.6) is 5.75 Å². The Bertz CT molecular complexity index is 813. The molecule has 5 heteroatoms. The summed E-state index contributed by atoms with van der Waals surface area (Å²) >= 11 is 0. The normalized spacial score (nSPS) is 19.6. The van der Waals surface area contributed by atoms with Gasteiger partial charge in [-0.1, -0.05) is 36.4 Å². The van der Waals surface area contributed by atoms with E-state index in [1.807, 2.05) is 64.4 Å². The summed E-state index contributed by atoms with van der Waals surface area (Å²) in [5.74, 6) is 1.07. The first-order valence-electron chi connectivity index (χ1n) is 9.56. The van der Waals surface area contributed by atoms with Crippen LogP contribution in [0.15, 0.2) is 54.6 Å². The lowest BCUT2D eigenvalue weighted by atomic mass is 9.95. The number of nitrogens with zero attached hydrogens (tertiary/aromatic N) is 2. The second kappa shape index (κ2) is 7.82. The zero-order valence-electron chi connectivity index (χ0n) is 15.3. The van der Waals surface area contributed by atoms with Gasteiger partial charge in [0.1, 0.15) is 5.75 Å². The second-order valence-electron chi connectivity index (χ2n) is 7.13. The summed E-state index contributed by atoms with van der Waals surface area (Å²) in [7, 11) is 0. The smallest absolute Gasteiger partial charge is 0.253 e. The molecular formula is C22H24N2O3. The SMILES string of the molecule is O=C(c1ccccc1)N1CCN(C(=O)[C@H]2CCOc3ccccc3C2)CC1. The fraction of sp³-hybridized carbons (Fsp3) is 0.364. The van der Waals surface area contributed by atoms with Gasteiger partial charge in [0.15, 0.2) is 0 Å². The van der Waals surface area contributed by atoms with Crippen molar-refractivity contribution in [2.45, 2.75) is 12.8 Å². The molecule has 140 valence electrons. The molecule has 27 heavy (non-hydrogen) atoms. The quantitative estimate of drug-likeness (QED) is 0.823. The van der Waals surface area contributed by atoms with Gasteiger partial charge in [-0.05, 0) is 36.6 Å². The van der Waals surface area contributed by atoms with Gasteiger partial charge in [-0.3, -0.25) is 9.59 Å². The molecule has 0 bridgehead atoms. The predicted molar refractivity (Wildman–Crippen MR) is 103 cm³/mol. The topological polar surface area (TPSA) is 49.9 Å². The average molecular weight is 364 g/mol. The maximum Gasteiger partial charge on any atom is 0.253 e. The summed E-state index contributed by atoms with van der Waals surface area (Å²) in [6, 6.07) is 17.3. The highest BCUT2D eigenvalue weighted by Crippen LogP contribution is 2.28. The molecule has 0 saturated carbocycles. The first-order chi connectivity index (χ1) is 13.2. The number of ether oxygens (including phenoxy) is 1. The first-order valence-corrected chi connectivity index (χ1v) is 9.56. The van der Waals surface area contributed by atoms with Crippen molar-refractivity contribution in [2.75, 3.05) is 32.8 Å². The number of hydrogen-bond donors (Lipinski definition) is 0. The van der Waals surface area contributed by atoms with Crippen LogP contribution in [0.25, 0.3) is 0 Å². The molecule has 2 aromatic rings. The van der Waals surface area contributed by atoms with Crippen LogP contribution < -0.4 is 4.74 Å². The van der Waals surface area contributed by atoms with Crippen molar-refractivity contribution >= 4 is 11.8 Å². The Balaban J connectivity index is 1.37. The van der Waals surface area contributed by atoms with E-state index in [9.17, 15) is 9.59 Å². The molecule has 0 radical (unpaired) electrons. The third-order valence-electron chi connectivity index (χ3n) is 5.41. The van der Waals surface area contributed by atoms with Crippen molar-refractivity contribution in [3.63, 3.8) is 0 Å². The van der Waals surface area contributed by atoms with E-state index in [2.05, 4.69) is 0 Å². The fourth-order valence-corrected chi connectivity index (χ4v) is 3.85. The Morgan fingerprint density at radius 2 is 1.52 bits per heavy atom. The van der Waals surface area contributed by atoms with Crippen LogP contribution in [0, 0.1) is 5.92 Å². The van der Waals surface area contributed by atoms with Gasteiger partial charge in [-0.2, -0.15) is 0 Å². The van der Waals surface area contributed by atoms with Gasteiger partial charge in [0.25, 0.3) is 5.91 Å². The van der Waals surface area contributed by atoms with E-state index in [1.165, 1.54) is 0 Å². The highest BCUT2D eigenvalue weighted by molar-refractivity contribution is 5.94. The summed E-state index contributed by atoms with van der Waals surface area (Å²) in [4.78, 5) is 29.3. The van der Waals surface area contributed by atoms with Crippen LogP contribution in [-0.2, 0) is 11.2 Å². The number of carbonyl (C=O) groups is 2. The largest absolute Gasteiger partial charge is 0.493 e. The van der Waals surface area contributed by atoms with Crippen molar-refractivity contribution in [3.8, 4) is 5.75 Å². The number of para-hydroxylation sites is 1. The Kier molecular flexibility index (Phi) is 5.10. The van der Waals surface area contributed by atoms with Crippen molar-refractivity contribution in [1.82, 2.24) is 9.80 Å². The Morgan fingerprint density at radius 1 is 0.852 bits per heavy atom. The van der Waals surface area contributed by atoms with Gasteiger partial charge in [0.05, 0.1) is 6.61 Å². The maximum atomic E-state index is 13.0. The second-order valence-corrected chi connectivity index (χ2v) is 7.13. The summed E-state index contributed by atoms with van der Waals surface area (Å²) in [6.45, 7) is 2.92. The highest BCUT2D eigenvalue weighted by atomic mass is 16.5. The van der Waals surface area contributed by atoms with E-state index in [0.29, 0.717) is 38.3 Å². The molecule has 1 saturated heterocycles. The molecule has 2 amide bonds. The van der Waals surface area contributed by atoms with Crippen molar-refractivity contribution in [3.05, 3.63) is 65.7 Å². The molecule has 0 aliphatic carbocycles. The number of fused-ring (bicyclic) bond motifs is 1. The van der Waals surface area contributed by atoms with Gasteiger partial charge in [0.2, 0.25) is 5.91 Å². The molecule has 2 aromatic carbocycles. The number of rotatable bonds is 2. The Morgan fingerprint density at radius 3 is 2.30 bits per heavy atom. The summed E-state index contributed by atoms with van der Waals surface area (Å²) < 4.78 is 5.79. The lowest BCUT2D eigenvalue weighted by molar-refractivity contribution is -0.137. The molecule has 2 aliphatic rings. The zero-order chi connectivity index (χ0) is 18.6. The van der Waals surface area contributed by atoms with Gasteiger partial charge in [-0.15, -0.1) is 0 Å². The van der Waals surface area contributed by atoms with Crippen LogP contribution in [0.1, 0.15) is 22.3 Å². The van der Waals surface area contributed by atoms with Crippen molar-refractivity contribution < 1.29 is 14.3 Å². The van der Waals surface area contributed by atoms with Crippen LogP contribution in [0.2, 0.25) is 0 Å². The molecule has 2 heterocycles. The van der Waals surface area contributed by atoms with Gasteiger partial charge in [0, 0.05) is 37.7 Å².